The number of likely N-dealkylation sites (tertiary alicyclic amines) is 1. The van der Waals surface area contributed by atoms with Crippen molar-refractivity contribution >= 4 is 29.1 Å². The molecule has 0 bridgehead atoms. The lowest BCUT2D eigenvalue weighted by atomic mass is 9.95. The van der Waals surface area contributed by atoms with Gasteiger partial charge in [0.25, 0.3) is 11.7 Å². The number of Topliss-reactive ketones (excluding diaryl/α,β-unsaturated/α-hetero) is 1. The van der Waals surface area contributed by atoms with Crippen molar-refractivity contribution in [2.75, 3.05) is 13.2 Å². The van der Waals surface area contributed by atoms with Crippen molar-refractivity contribution in [1.82, 2.24) is 4.90 Å². The number of hydrogen-bond acceptors (Lipinski definition) is 4. The van der Waals surface area contributed by atoms with E-state index < -0.39 is 17.7 Å². The molecule has 4 rings (SSSR count). The molecule has 2 saturated heterocycles. The van der Waals surface area contributed by atoms with Gasteiger partial charge >= 0.3 is 0 Å². The van der Waals surface area contributed by atoms with Crippen LogP contribution in [0.4, 0.5) is 0 Å². The minimum absolute atomic E-state index is 0.0577. The van der Waals surface area contributed by atoms with Crippen molar-refractivity contribution in [1.29, 1.82) is 0 Å². The normalized spacial score (nSPS) is 24.1. The Morgan fingerprint density at radius 1 is 1.11 bits per heavy atom. The van der Waals surface area contributed by atoms with E-state index in [9.17, 15) is 14.7 Å². The predicted molar refractivity (Wildman–Crippen MR) is 106 cm³/mol. The first kappa shape index (κ1) is 18.7. The van der Waals surface area contributed by atoms with E-state index in [4.69, 9.17) is 16.3 Å². The van der Waals surface area contributed by atoms with Crippen LogP contribution in [0.2, 0.25) is 5.02 Å². The second kappa shape index (κ2) is 7.78. The molecule has 0 spiro atoms. The number of carbonyl (C=O) groups excluding carboxylic acids is 2. The molecule has 0 aromatic heterocycles. The van der Waals surface area contributed by atoms with Crippen LogP contribution in [0.15, 0.2) is 60.2 Å². The molecule has 1 amide bonds. The zero-order valence-corrected chi connectivity index (χ0v) is 15.9. The molecule has 2 aliphatic heterocycles. The summed E-state index contributed by atoms with van der Waals surface area (Å²) in [6, 6.07) is 15.1. The lowest BCUT2D eigenvalue weighted by molar-refractivity contribution is -0.140. The van der Waals surface area contributed by atoms with Crippen LogP contribution in [-0.2, 0) is 14.3 Å². The van der Waals surface area contributed by atoms with Crippen LogP contribution >= 0.6 is 11.6 Å². The third-order valence-electron chi connectivity index (χ3n) is 5.21. The van der Waals surface area contributed by atoms with E-state index in [2.05, 4.69) is 0 Å². The summed E-state index contributed by atoms with van der Waals surface area (Å²) in [5.41, 5.74) is 1.15. The third kappa shape index (κ3) is 3.32. The fourth-order valence-corrected chi connectivity index (χ4v) is 4.09. The number of rotatable bonds is 4. The van der Waals surface area contributed by atoms with Crippen LogP contribution in [0.1, 0.15) is 30.0 Å². The van der Waals surface area contributed by atoms with Gasteiger partial charge in [0.05, 0.1) is 17.7 Å². The van der Waals surface area contributed by atoms with Crippen LogP contribution in [-0.4, -0.2) is 41.0 Å². The zero-order chi connectivity index (χ0) is 19.7. The van der Waals surface area contributed by atoms with Crippen molar-refractivity contribution < 1.29 is 19.4 Å². The van der Waals surface area contributed by atoms with Gasteiger partial charge in [0, 0.05) is 23.7 Å². The van der Waals surface area contributed by atoms with E-state index in [-0.39, 0.29) is 24.0 Å². The molecule has 1 N–H and O–H groups in total. The SMILES string of the molecule is O=C1C(=O)N(C[C@H]2CCCO2)[C@H](c2ccccc2Cl)C1=C(O)c1ccccc1. The van der Waals surface area contributed by atoms with Gasteiger partial charge in [-0.05, 0) is 24.5 Å². The van der Waals surface area contributed by atoms with Crippen molar-refractivity contribution in [2.45, 2.75) is 25.0 Å². The highest BCUT2D eigenvalue weighted by Gasteiger charge is 2.47. The van der Waals surface area contributed by atoms with Gasteiger partial charge in [0.2, 0.25) is 0 Å². The topological polar surface area (TPSA) is 66.8 Å². The van der Waals surface area contributed by atoms with Gasteiger partial charge < -0.3 is 14.7 Å². The largest absolute Gasteiger partial charge is 0.507 e. The maximum Gasteiger partial charge on any atom is 0.295 e. The summed E-state index contributed by atoms with van der Waals surface area (Å²) in [4.78, 5) is 27.3. The quantitative estimate of drug-likeness (QED) is 0.482. The van der Waals surface area contributed by atoms with Gasteiger partial charge in [0.15, 0.2) is 0 Å². The first-order valence-corrected chi connectivity index (χ1v) is 9.65. The number of benzene rings is 2. The molecule has 2 aromatic rings. The van der Waals surface area contributed by atoms with Crippen LogP contribution in [0, 0.1) is 0 Å². The molecule has 0 radical (unpaired) electrons. The van der Waals surface area contributed by atoms with Crippen LogP contribution in [0.3, 0.4) is 0 Å². The maximum absolute atomic E-state index is 12.9. The standard InChI is InChI=1S/C22H20ClNO4/c23-17-11-5-4-10-16(17)19-18(20(25)14-7-2-1-3-8-14)21(26)22(27)24(19)13-15-9-6-12-28-15/h1-5,7-8,10-11,15,19,25H,6,9,12-13H2/t15-,19-/m1/s1. The average Bonchev–Trinajstić information content (AvgIpc) is 3.31. The third-order valence-corrected chi connectivity index (χ3v) is 5.56. The molecule has 144 valence electrons. The van der Waals surface area contributed by atoms with Crippen LogP contribution < -0.4 is 0 Å². The lowest BCUT2D eigenvalue weighted by Crippen LogP contribution is -2.36. The lowest BCUT2D eigenvalue weighted by Gasteiger charge is -2.28. The summed E-state index contributed by atoms with van der Waals surface area (Å²) in [5, 5.41) is 11.4. The molecular formula is C22H20ClNO4. The molecule has 28 heavy (non-hydrogen) atoms. The monoisotopic (exact) mass is 397 g/mol. The summed E-state index contributed by atoms with van der Waals surface area (Å²) in [5.74, 6) is -1.54. The molecule has 0 saturated carbocycles. The fraction of sp³-hybridized carbons (Fsp3) is 0.273. The van der Waals surface area contributed by atoms with Gasteiger partial charge in [-0.25, -0.2) is 0 Å². The molecule has 2 atom stereocenters. The summed E-state index contributed by atoms with van der Waals surface area (Å²) in [6.07, 6.45) is 1.63. The Kier molecular flexibility index (Phi) is 5.20. The highest BCUT2D eigenvalue weighted by Crippen LogP contribution is 2.42. The first-order chi connectivity index (χ1) is 13.6. The molecule has 2 aromatic carbocycles. The molecule has 0 aliphatic carbocycles. The minimum atomic E-state index is -0.752. The van der Waals surface area contributed by atoms with Crippen LogP contribution in [0.25, 0.3) is 5.76 Å². The van der Waals surface area contributed by atoms with E-state index in [1.165, 1.54) is 4.90 Å². The molecular weight excluding hydrogens is 378 g/mol. The number of aliphatic hydroxyl groups excluding tert-OH is 1. The highest BCUT2D eigenvalue weighted by molar-refractivity contribution is 6.47. The van der Waals surface area contributed by atoms with Gasteiger partial charge in [-0.1, -0.05) is 60.1 Å². The van der Waals surface area contributed by atoms with Gasteiger partial charge in [-0.2, -0.15) is 0 Å². The van der Waals surface area contributed by atoms with Crippen LogP contribution in [0.5, 0.6) is 0 Å². The Morgan fingerprint density at radius 3 is 2.50 bits per heavy atom. The minimum Gasteiger partial charge on any atom is -0.507 e. The second-order valence-corrected chi connectivity index (χ2v) is 7.38. The van der Waals surface area contributed by atoms with Crippen molar-refractivity contribution in [3.63, 3.8) is 0 Å². The maximum atomic E-state index is 12.9. The predicted octanol–water partition coefficient (Wildman–Crippen LogP) is 3.94. The number of halogens is 1. The number of hydrogen-bond donors (Lipinski definition) is 1. The van der Waals surface area contributed by atoms with Crippen molar-refractivity contribution in [3.8, 4) is 0 Å². The van der Waals surface area contributed by atoms with Gasteiger partial charge in [-0.15, -0.1) is 0 Å². The first-order valence-electron chi connectivity index (χ1n) is 9.28. The number of ketones is 1. The number of carbonyl (C=O) groups is 2. The Morgan fingerprint density at radius 2 is 1.82 bits per heavy atom. The highest BCUT2D eigenvalue weighted by atomic mass is 35.5. The van der Waals surface area contributed by atoms with E-state index in [0.29, 0.717) is 22.8 Å². The van der Waals surface area contributed by atoms with E-state index in [0.717, 1.165) is 12.8 Å². The van der Waals surface area contributed by atoms with Crippen molar-refractivity contribution in [3.05, 3.63) is 76.3 Å². The molecule has 2 heterocycles. The average molecular weight is 398 g/mol. The Hall–Kier alpha value is -2.63. The number of aliphatic hydroxyl groups is 1. The molecule has 2 aliphatic rings. The van der Waals surface area contributed by atoms with Gasteiger partial charge in [-0.3, -0.25) is 9.59 Å². The summed E-state index contributed by atoms with van der Waals surface area (Å²) < 4.78 is 5.68. The Bertz CT molecular complexity index is 935. The second-order valence-electron chi connectivity index (χ2n) is 6.97. The van der Waals surface area contributed by atoms with Crippen molar-refractivity contribution in [2.24, 2.45) is 0 Å². The molecule has 6 heteroatoms. The smallest absolute Gasteiger partial charge is 0.295 e. The molecule has 5 nitrogen and oxygen atoms in total. The Labute approximate surface area is 168 Å². The number of ether oxygens (including phenoxy) is 1. The Balaban J connectivity index is 1.84. The number of nitrogens with zero attached hydrogens (tertiary/aromatic N) is 1. The molecule has 2 fully saturated rings. The van der Waals surface area contributed by atoms with E-state index in [1.54, 1.807) is 48.5 Å². The van der Waals surface area contributed by atoms with Gasteiger partial charge in [0.1, 0.15) is 5.76 Å². The van der Waals surface area contributed by atoms with E-state index in [1.807, 2.05) is 6.07 Å². The molecule has 0 unspecified atom stereocenters. The summed E-state index contributed by atoms with van der Waals surface area (Å²) in [6.45, 7) is 0.932. The fourth-order valence-electron chi connectivity index (χ4n) is 3.85. The zero-order valence-electron chi connectivity index (χ0n) is 15.2. The summed E-state index contributed by atoms with van der Waals surface area (Å²) in [7, 11) is 0. The van der Waals surface area contributed by atoms with E-state index >= 15 is 0 Å². The number of amides is 1. The summed E-state index contributed by atoms with van der Waals surface area (Å²) >= 11 is 6.41.